The molecular weight excluding hydrogens is 580 g/mol. The van der Waals surface area contributed by atoms with Crippen molar-refractivity contribution in [2.45, 2.75) is 75.7 Å². The fourth-order valence-corrected chi connectivity index (χ4v) is 4.25. The Bertz CT molecular complexity index is 1250. The van der Waals surface area contributed by atoms with Crippen LogP contribution < -0.4 is 38.1 Å². The summed E-state index contributed by atoms with van der Waals surface area (Å²) in [6, 6.07) is 1.47. The van der Waals surface area contributed by atoms with Gasteiger partial charge in [-0.2, -0.15) is 0 Å². The lowest BCUT2D eigenvalue weighted by Gasteiger charge is -2.25. The molecule has 17 heteroatoms. The van der Waals surface area contributed by atoms with Crippen LogP contribution in [0.25, 0.3) is 0 Å². The lowest BCUT2D eigenvalue weighted by atomic mass is 10.0. The maximum absolute atomic E-state index is 13.5. The number of hydrogen-bond acceptors (Lipinski definition) is 8. The van der Waals surface area contributed by atoms with Gasteiger partial charge in [0.1, 0.15) is 30.2 Å². The number of benzene rings is 1. The van der Waals surface area contributed by atoms with Gasteiger partial charge < -0.3 is 48.3 Å². The second-order valence-electron chi connectivity index (χ2n) is 10.1. The van der Waals surface area contributed by atoms with Gasteiger partial charge in [-0.1, -0.05) is 30.3 Å². The van der Waals surface area contributed by atoms with Gasteiger partial charge in [0.05, 0.1) is 6.42 Å². The second-order valence-corrected chi connectivity index (χ2v) is 10.1. The average molecular weight is 619 g/mol. The van der Waals surface area contributed by atoms with Gasteiger partial charge in [0, 0.05) is 19.4 Å². The molecule has 2 rings (SSSR count). The van der Waals surface area contributed by atoms with Crippen LogP contribution in [0.4, 0.5) is 0 Å². The first-order valence-corrected chi connectivity index (χ1v) is 13.8. The maximum atomic E-state index is 13.5. The highest BCUT2D eigenvalue weighted by Crippen LogP contribution is 2.09. The Labute approximate surface area is 252 Å². The first-order chi connectivity index (χ1) is 20.8. The second kappa shape index (κ2) is 17.0. The Hall–Kier alpha value is -5.22. The SMILES string of the molecule is C[C@@H]1NC(=O)[C@H](CCCN=C(N)N)NC(=O)[C@H](CCC(=O)O)NC(=O)[C@@H](Cc2ccccc2)NC(=O)[C@H](CC(=O)O)NC1=O. The van der Waals surface area contributed by atoms with Gasteiger partial charge in [0.2, 0.25) is 29.5 Å². The van der Waals surface area contributed by atoms with Crippen molar-refractivity contribution in [3.8, 4) is 0 Å². The number of hydrogen-bond donors (Lipinski definition) is 9. The molecule has 17 nitrogen and oxygen atoms in total. The Kier molecular flexibility index (Phi) is 13.5. The van der Waals surface area contributed by atoms with E-state index in [2.05, 4.69) is 31.6 Å². The van der Waals surface area contributed by atoms with E-state index in [0.29, 0.717) is 5.56 Å². The van der Waals surface area contributed by atoms with Crippen LogP contribution in [-0.4, -0.2) is 94.4 Å². The molecule has 44 heavy (non-hydrogen) atoms. The molecule has 5 atom stereocenters. The van der Waals surface area contributed by atoms with E-state index in [1.807, 2.05) is 0 Å². The van der Waals surface area contributed by atoms with Crippen molar-refractivity contribution in [1.29, 1.82) is 0 Å². The van der Waals surface area contributed by atoms with Crippen LogP contribution in [0.1, 0.15) is 44.6 Å². The predicted octanol–water partition coefficient (Wildman–Crippen LogP) is -2.92. The summed E-state index contributed by atoms with van der Waals surface area (Å²) in [5.74, 6) is -7.35. The number of nitrogens with zero attached hydrogens (tertiary/aromatic N) is 1. The number of guanidine groups is 1. The van der Waals surface area contributed by atoms with Gasteiger partial charge >= 0.3 is 11.9 Å². The highest BCUT2D eigenvalue weighted by molar-refractivity contribution is 5.98. The summed E-state index contributed by atoms with van der Waals surface area (Å²) in [6.45, 7) is 1.39. The van der Waals surface area contributed by atoms with Gasteiger partial charge in [-0.15, -0.1) is 0 Å². The molecule has 0 aromatic heterocycles. The Balaban J connectivity index is 2.51. The smallest absolute Gasteiger partial charge is 0.305 e. The van der Waals surface area contributed by atoms with Crippen LogP contribution in [0, 0.1) is 0 Å². The molecule has 5 amide bonds. The molecule has 1 heterocycles. The van der Waals surface area contributed by atoms with E-state index in [1.54, 1.807) is 30.3 Å². The van der Waals surface area contributed by atoms with Crippen molar-refractivity contribution in [1.82, 2.24) is 26.6 Å². The molecule has 1 fully saturated rings. The molecule has 1 aliphatic rings. The summed E-state index contributed by atoms with van der Waals surface area (Å²) in [7, 11) is 0. The first-order valence-electron chi connectivity index (χ1n) is 13.8. The minimum Gasteiger partial charge on any atom is -0.481 e. The summed E-state index contributed by atoms with van der Waals surface area (Å²) >= 11 is 0. The van der Waals surface area contributed by atoms with E-state index in [0.717, 1.165) is 0 Å². The minimum absolute atomic E-state index is 0.0133. The van der Waals surface area contributed by atoms with Crippen LogP contribution >= 0.6 is 0 Å². The molecule has 0 bridgehead atoms. The standard InChI is InChI=1S/C27H38N8O9/c1-14-22(40)34-19(13-21(38)39)26(44)35-18(12-15-6-3-2-4-7-15)25(43)33-17(9-10-20(36)37)24(42)32-16(23(41)31-14)8-5-11-30-27(28)29/h2-4,6-7,14,16-19H,5,8-13H2,1H3,(H,31,41)(H,32,42)(H,33,43)(H,34,40)(H,35,44)(H,36,37)(H,38,39)(H4,28,29,30)/t14-,16-,17-,18+,19-/m0/s1. The lowest BCUT2D eigenvalue weighted by Crippen LogP contribution is -2.58. The lowest BCUT2D eigenvalue weighted by molar-refractivity contribution is -0.141. The summed E-state index contributed by atoms with van der Waals surface area (Å²) in [5.41, 5.74) is 11.3. The van der Waals surface area contributed by atoms with Gasteiger partial charge in [-0.05, 0) is 31.7 Å². The fraction of sp³-hybridized carbons (Fsp3) is 0.481. The number of aliphatic carboxylic acids is 2. The molecule has 240 valence electrons. The Morgan fingerprint density at radius 3 is 1.84 bits per heavy atom. The topological polar surface area (TPSA) is 284 Å². The van der Waals surface area contributed by atoms with Crippen molar-refractivity contribution < 1.29 is 43.8 Å². The number of aliphatic imine (C=N–C) groups is 1. The first kappa shape index (κ1) is 35.0. The number of nitrogens with two attached hydrogens (primary N) is 2. The van der Waals surface area contributed by atoms with Crippen molar-refractivity contribution in [2.24, 2.45) is 16.5 Å². The molecule has 0 aliphatic carbocycles. The highest BCUT2D eigenvalue weighted by Gasteiger charge is 2.34. The van der Waals surface area contributed by atoms with E-state index < -0.39 is 84.5 Å². The Morgan fingerprint density at radius 1 is 0.727 bits per heavy atom. The number of rotatable bonds is 11. The highest BCUT2D eigenvalue weighted by atomic mass is 16.4. The minimum atomic E-state index is -1.63. The molecule has 11 N–H and O–H groups in total. The van der Waals surface area contributed by atoms with Gasteiger partial charge in [-0.3, -0.25) is 38.6 Å². The van der Waals surface area contributed by atoms with Crippen molar-refractivity contribution in [3.63, 3.8) is 0 Å². The molecule has 0 unspecified atom stereocenters. The van der Waals surface area contributed by atoms with Crippen molar-refractivity contribution in [3.05, 3.63) is 35.9 Å². The zero-order valence-corrected chi connectivity index (χ0v) is 24.1. The van der Waals surface area contributed by atoms with E-state index in [-0.39, 0.29) is 38.2 Å². The molecule has 1 saturated heterocycles. The van der Waals surface area contributed by atoms with Crippen LogP contribution in [-0.2, 0) is 40.0 Å². The third kappa shape index (κ3) is 11.9. The average Bonchev–Trinajstić information content (AvgIpc) is 2.95. The summed E-state index contributed by atoms with van der Waals surface area (Å²) < 4.78 is 0. The number of carbonyl (C=O) groups is 7. The number of carboxylic acid groups (broad SMARTS) is 2. The van der Waals surface area contributed by atoms with Gasteiger partial charge in [0.15, 0.2) is 5.96 Å². The monoisotopic (exact) mass is 618 g/mol. The molecule has 0 radical (unpaired) electrons. The number of nitrogens with one attached hydrogen (secondary N) is 5. The number of amides is 5. The predicted molar refractivity (Wildman–Crippen MR) is 155 cm³/mol. The molecule has 1 aromatic carbocycles. The van der Waals surface area contributed by atoms with E-state index in [9.17, 15) is 43.8 Å². The normalized spacial score (nSPS) is 23.4. The third-order valence-electron chi connectivity index (χ3n) is 6.54. The summed E-state index contributed by atoms with van der Waals surface area (Å²) in [4.78, 5) is 92.8. The van der Waals surface area contributed by atoms with E-state index in [1.165, 1.54) is 6.92 Å². The molecule has 0 spiro atoms. The van der Waals surface area contributed by atoms with Gasteiger partial charge in [-0.25, -0.2) is 0 Å². The molecular formula is C27H38N8O9. The molecule has 0 saturated carbocycles. The molecule has 1 aliphatic heterocycles. The van der Waals surface area contributed by atoms with Crippen LogP contribution in [0.3, 0.4) is 0 Å². The van der Waals surface area contributed by atoms with Crippen LogP contribution in [0.15, 0.2) is 35.3 Å². The third-order valence-corrected chi connectivity index (χ3v) is 6.54. The fourth-order valence-electron chi connectivity index (χ4n) is 4.25. The zero-order valence-electron chi connectivity index (χ0n) is 24.1. The van der Waals surface area contributed by atoms with E-state index >= 15 is 0 Å². The number of carboxylic acids is 2. The maximum Gasteiger partial charge on any atom is 0.305 e. The van der Waals surface area contributed by atoms with Crippen molar-refractivity contribution in [2.75, 3.05) is 6.54 Å². The number of carbonyl (C=O) groups excluding carboxylic acids is 5. The summed E-state index contributed by atoms with van der Waals surface area (Å²) in [5, 5.41) is 30.7. The van der Waals surface area contributed by atoms with Crippen LogP contribution in [0.2, 0.25) is 0 Å². The zero-order chi connectivity index (χ0) is 32.8. The quantitative estimate of drug-likeness (QED) is 0.0688. The van der Waals surface area contributed by atoms with Crippen LogP contribution in [0.5, 0.6) is 0 Å². The van der Waals surface area contributed by atoms with Crippen molar-refractivity contribution >= 4 is 47.4 Å². The summed E-state index contributed by atoms with van der Waals surface area (Å²) in [6.07, 6.45) is -1.62. The Morgan fingerprint density at radius 2 is 1.25 bits per heavy atom. The molecule has 1 aromatic rings. The van der Waals surface area contributed by atoms with Gasteiger partial charge in [0.25, 0.3) is 0 Å². The van der Waals surface area contributed by atoms with E-state index in [4.69, 9.17) is 11.5 Å². The largest absolute Gasteiger partial charge is 0.481 e.